The van der Waals surface area contributed by atoms with Gasteiger partial charge in [-0.3, -0.25) is 66.7 Å². The van der Waals surface area contributed by atoms with Crippen LogP contribution in [-0.4, -0.2) is 211 Å². The van der Waals surface area contributed by atoms with Gasteiger partial charge < -0.3 is 80.9 Å². The molecule has 8 aromatic carbocycles. The molecule has 0 saturated carbocycles. The molecule has 756 valence electrons. The number of amides is 10. The van der Waals surface area contributed by atoms with Gasteiger partial charge in [0, 0.05) is 132 Å². The lowest BCUT2D eigenvalue weighted by Gasteiger charge is -2.30. The van der Waals surface area contributed by atoms with E-state index >= 15 is 0 Å². The summed E-state index contributed by atoms with van der Waals surface area (Å²) in [6.07, 6.45) is 4.69. The first-order chi connectivity index (χ1) is 70.5. The number of methoxy groups -OCH3 is 1. The van der Waals surface area contributed by atoms with E-state index in [2.05, 4.69) is 20.4 Å². The standard InChI is InChI=1S/C27H24FN5O4.C27H32N6O4.C27H25N5O4.C26H26FN5O5/c1-3-37-22-10-8-18(15-20(22)28)33-25-19(24(30-33)26(29)35)11-13-31(27(25)36)17-7-9-21(16(2)14-17)32-12-5-4-6-23(32)34;1-17(2)32(23(34)16-30(3)4)19-8-6-18(7-9-19)31-15-14-22-24(26(28)35)29-33(25(22)27(31)36)20-10-12-21(37-5)13-11-20;1-3-36-20-10-7-18(8-11-20)32-25-21(24(29-32)26(28)34)13-15-30(27(25)35)19-9-12-22(17(2)16-19)31-14-5-4-6-23(31)33;1-15(2)37-21-8-7-18(13-20(21)27)32-24-19(23(29-32)25(28)34)9-10-31(26(24)35)17-5-3-16(4-6-17)30-11-12-36-14-22(30)33/h4-10,12,14-15H,3,11,13H2,1-2H3,(H2,29,35);6-13,17H,14-16H2,1-5H3,(H2,28,35);4-12,14,16H,3,13,15H2,1-2H3,(H2,28,34);3-8,13,15H,9-12,14H2,1-2H3,(H2,28,34). The molecule has 0 radical (unpaired) electrons. The topological polar surface area (TPSA) is 459 Å². The van der Waals surface area contributed by atoms with Crippen LogP contribution in [0.5, 0.6) is 23.0 Å². The van der Waals surface area contributed by atoms with E-state index in [1.807, 2.05) is 102 Å². The summed E-state index contributed by atoms with van der Waals surface area (Å²) in [5.74, 6) is -4.14. The van der Waals surface area contributed by atoms with Crippen LogP contribution in [-0.2, 0) is 40.0 Å². The number of rotatable bonds is 26. The van der Waals surface area contributed by atoms with Crippen molar-refractivity contribution in [3.63, 3.8) is 0 Å². The molecule has 11 heterocycles. The first kappa shape index (κ1) is 102. The molecule has 8 N–H and O–H groups in total. The first-order valence-electron chi connectivity index (χ1n) is 47.4. The number of halogens is 2. The lowest BCUT2D eigenvalue weighted by atomic mass is 10.0. The van der Waals surface area contributed by atoms with Crippen LogP contribution in [0.4, 0.5) is 42.9 Å². The van der Waals surface area contributed by atoms with Gasteiger partial charge in [0.25, 0.3) is 64.3 Å². The maximum atomic E-state index is 14.8. The number of morpholine rings is 1. The molecule has 19 rings (SSSR count). The van der Waals surface area contributed by atoms with Gasteiger partial charge in [-0.2, -0.15) is 20.4 Å². The van der Waals surface area contributed by atoms with Gasteiger partial charge in [0.15, 0.2) is 45.9 Å². The summed E-state index contributed by atoms with van der Waals surface area (Å²) < 4.78 is 64.6. The Morgan fingerprint density at radius 1 is 0.415 bits per heavy atom. The maximum absolute atomic E-state index is 14.8. The molecule has 14 aromatic rings. The van der Waals surface area contributed by atoms with Crippen molar-refractivity contribution < 1.29 is 80.4 Å². The number of hydrogen-bond acceptors (Lipinski definition) is 22. The first-order valence-corrected chi connectivity index (χ1v) is 47.4. The number of aromatic nitrogens is 10. The van der Waals surface area contributed by atoms with Crippen molar-refractivity contribution in [1.82, 2.24) is 53.2 Å². The average Bonchev–Trinajstić information content (AvgIpc) is 1.61. The van der Waals surface area contributed by atoms with Crippen LogP contribution in [0.3, 0.4) is 0 Å². The fourth-order valence-corrected chi connectivity index (χ4v) is 18.3. The van der Waals surface area contributed by atoms with Crippen molar-refractivity contribution in [2.45, 2.75) is 93.2 Å². The van der Waals surface area contributed by atoms with Crippen LogP contribution < -0.4 is 82.4 Å². The van der Waals surface area contributed by atoms with E-state index in [9.17, 15) is 66.3 Å². The lowest BCUT2D eigenvalue weighted by molar-refractivity contribution is -0.125. The summed E-state index contributed by atoms with van der Waals surface area (Å²) in [5, 5.41) is 17.4. The number of anilines is 6. The number of hydrogen-bond donors (Lipinski definition) is 4. The van der Waals surface area contributed by atoms with E-state index < -0.39 is 47.1 Å². The number of nitrogens with zero attached hydrogens (tertiary/aromatic N) is 17. The normalized spacial score (nSPS) is 13.7. The molecule has 5 aliphatic heterocycles. The molecule has 0 spiro atoms. The van der Waals surface area contributed by atoms with Crippen molar-refractivity contribution in [3.8, 4) is 57.1 Å². The third-order valence-electron chi connectivity index (χ3n) is 25.0. The van der Waals surface area contributed by atoms with Crippen molar-refractivity contribution >= 4 is 93.2 Å². The van der Waals surface area contributed by atoms with Gasteiger partial charge in [-0.15, -0.1) is 0 Å². The average molecular weight is 2000 g/mol. The van der Waals surface area contributed by atoms with Crippen LogP contribution >= 0.6 is 0 Å². The molecular weight excluding hydrogens is 1890 g/mol. The van der Waals surface area contributed by atoms with Crippen molar-refractivity contribution in [3.05, 3.63) is 330 Å². The number of nitrogens with two attached hydrogens (primary N) is 4. The number of aryl methyl sites for hydroxylation is 2. The molecule has 0 bridgehead atoms. The number of carbonyl (C=O) groups excluding carboxylic acids is 10. The number of fused-ring (bicyclic) bond motifs is 4. The van der Waals surface area contributed by atoms with E-state index in [1.165, 1.54) is 59.7 Å². The Balaban J connectivity index is 0.000000140. The van der Waals surface area contributed by atoms with Crippen LogP contribution in [0.15, 0.2) is 228 Å². The number of likely N-dealkylation sites (N-methyl/N-ethyl adjacent to an activating group) is 1. The summed E-state index contributed by atoms with van der Waals surface area (Å²) in [6.45, 7) is 18.3. The highest BCUT2D eigenvalue weighted by atomic mass is 19.1. The molecule has 147 heavy (non-hydrogen) atoms. The van der Waals surface area contributed by atoms with Gasteiger partial charge in [0.05, 0.1) is 73.7 Å². The smallest absolute Gasteiger partial charge is 0.277 e. The summed E-state index contributed by atoms with van der Waals surface area (Å²) >= 11 is 0. The quantitative estimate of drug-likeness (QED) is 0.0391. The van der Waals surface area contributed by atoms with Crippen LogP contribution in [0, 0.1) is 25.5 Å². The number of pyridine rings is 2. The minimum atomic E-state index is -0.768. The third kappa shape index (κ3) is 21.1. The van der Waals surface area contributed by atoms with E-state index in [1.54, 1.807) is 196 Å². The van der Waals surface area contributed by atoms with Crippen molar-refractivity contribution in [2.24, 2.45) is 22.9 Å². The fourth-order valence-electron chi connectivity index (χ4n) is 18.3. The van der Waals surface area contributed by atoms with Gasteiger partial charge in [0.2, 0.25) is 5.91 Å². The molecule has 1 fully saturated rings. The molecular formula is C107H107F2N21O17. The summed E-state index contributed by atoms with van der Waals surface area (Å²) in [6, 6.07) is 57.8. The SMILES string of the molecule is CC(C)Oc1ccc(-n2nc(C(N)=O)c3c2C(=O)N(c2ccc(N4CCOCC4=O)cc2)CC3)cc1F.CCOc1ccc(-n2nc(C(N)=O)c3c2C(=O)N(c2ccc(-n4ccccc4=O)c(C)c2)CC3)cc1.CCOc1ccc(-n2nc(C(N)=O)c3c2C(=O)N(c2ccc(-n4ccccc4=O)c(C)c2)CC3)cc1F.COc1ccc(-n2nc(C(N)=O)c3c2C(=O)N(c2ccc(N(C(=O)CN(C)C)C(C)C)cc2)CC3)cc1. The van der Waals surface area contributed by atoms with Gasteiger partial charge in [-0.1, -0.05) is 12.1 Å². The summed E-state index contributed by atoms with van der Waals surface area (Å²) in [4.78, 5) is 165. The highest BCUT2D eigenvalue weighted by Gasteiger charge is 2.41. The molecule has 40 heteroatoms. The van der Waals surface area contributed by atoms with E-state index in [0.717, 1.165) is 22.5 Å². The van der Waals surface area contributed by atoms with E-state index in [-0.39, 0.29) is 111 Å². The van der Waals surface area contributed by atoms with Crippen molar-refractivity contribution in [1.29, 1.82) is 0 Å². The minimum absolute atomic E-state index is 0.00573. The zero-order chi connectivity index (χ0) is 105. The Labute approximate surface area is 841 Å². The lowest BCUT2D eigenvalue weighted by Crippen LogP contribution is -2.42. The van der Waals surface area contributed by atoms with E-state index in [4.69, 9.17) is 46.6 Å². The molecule has 0 unspecified atom stereocenters. The zero-order valence-electron chi connectivity index (χ0n) is 82.4. The Bertz CT molecular complexity index is 7610. The molecule has 0 aliphatic carbocycles. The number of primary amides is 4. The maximum Gasteiger partial charge on any atom is 0.277 e. The van der Waals surface area contributed by atoms with Gasteiger partial charge in [-0.05, 0) is 276 Å². The number of ether oxygens (including phenoxy) is 5. The molecule has 6 aromatic heterocycles. The summed E-state index contributed by atoms with van der Waals surface area (Å²) in [7, 11) is 5.28. The van der Waals surface area contributed by atoms with Crippen LogP contribution in [0.2, 0.25) is 0 Å². The second kappa shape index (κ2) is 43.6. The summed E-state index contributed by atoms with van der Waals surface area (Å²) in [5.41, 5.74) is 33.9. The van der Waals surface area contributed by atoms with Crippen LogP contribution in [0.25, 0.3) is 34.1 Å². The predicted octanol–water partition coefficient (Wildman–Crippen LogP) is 11.2. The van der Waals surface area contributed by atoms with Gasteiger partial charge in [0.1, 0.15) is 40.9 Å². The zero-order valence-corrected chi connectivity index (χ0v) is 82.4. The highest BCUT2D eigenvalue weighted by Crippen LogP contribution is 2.39. The van der Waals surface area contributed by atoms with Gasteiger partial charge >= 0.3 is 0 Å². The Morgan fingerprint density at radius 3 is 1.12 bits per heavy atom. The largest absolute Gasteiger partial charge is 0.497 e. The second-order valence-corrected chi connectivity index (χ2v) is 35.6. The Hall–Kier alpha value is -17.8. The Morgan fingerprint density at radius 2 is 0.769 bits per heavy atom. The minimum Gasteiger partial charge on any atom is -0.497 e. The monoisotopic (exact) mass is 2000 g/mol. The molecule has 5 aliphatic rings. The molecule has 10 amide bonds. The van der Waals surface area contributed by atoms with Crippen LogP contribution in [0.1, 0.15) is 159 Å². The van der Waals surface area contributed by atoms with E-state index in [0.29, 0.717) is 175 Å². The third-order valence-corrected chi connectivity index (χ3v) is 25.0. The number of benzene rings is 8. The fraction of sp³-hybridized carbons (Fsp3) is 0.252. The van der Waals surface area contributed by atoms with Gasteiger partial charge in [-0.25, -0.2) is 27.5 Å². The second-order valence-electron chi connectivity index (χ2n) is 35.6. The molecule has 0 atom stereocenters. The highest BCUT2D eigenvalue weighted by molar-refractivity contribution is 6.13. The van der Waals surface area contributed by atoms with Crippen molar-refractivity contribution in [2.75, 3.05) is 116 Å². The predicted molar refractivity (Wildman–Crippen MR) is 545 cm³/mol. The molecule has 1 saturated heterocycles. The molecule has 38 nitrogen and oxygen atoms in total. The number of carbonyl (C=O) groups is 10. The Kier molecular flexibility index (Phi) is 30.3.